The Morgan fingerprint density at radius 3 is 2.64 bits per heavy atom. The molecule has 0 radical (unpaired) electrons. The number of carbonyl (C=O) groups is 1. The van der Waals surface area contributed by atoms with E-state index in [2.05, 4.69) is 6.92 Å². The van der Waals surface area contributed by atoms with Crippen LogP contribution in [0.3, 0.4) is 0 Å². The molecule has 1 unspecified atom stereocenters. The standard InChI is InChI=1S/C11H20ClNO/c1-3-4-7-13(10-5-6-10)11(14)9(2)8-12/h9-10H,3-8H2,1-2H3. The Morgan fingerprint density at radius 1 is 1.57 bits per heavy atom. The first-order valence-corrected chi connectivity index (χ1v) is 6.10. The summed E-state index contributed by atoms with van der Waals surface area (Å²) in [6.45, 7) is 4.98. The number of nitrogens with zero attached hydrogens (tertiary/aromatic N) is 1. The third-order valence-corrected chi connectivity index (χ3v) is 3.14. The highest BCUT2D eigenvalue weighted by Gasteiger charge is 2.33. The Balaban J connectivity index is 2.44. The fourth-order valence-corrected chi connectivity index (χ4v) is 1.67. The number of carbonyl (C=O) groups excluding carboxylic acids is 1. The maximum Gasteiger partial charge on any atom is 0.226 e. The number of rotatable bonds is 6. The molecule has 14 heavy (non-hydrogen) atoms. The summed E-state index contributed by atoms with van der Waals surface area (Å²) in [4.78, 5) is 13.9. The predicted octanol–water partition coefficient (Wildman–Crippen LogP) is 2.65. The molecule has 0 aliphatic heterocycles. The van der Waals surface area contributed by atoms with E-state index >= 15 is 0 Å². The van der Waals surface area contributed by atoms with Gasteiger partial charge in [-0.05, 0) is 19.3 Å². The molecule has 1 amide bonds. The molecule has 0 saturated heterocycles. The van der Waals surface area contributed by atoms with E-state index in [4.69, 9.17) is 11.6 Å². The Bertz CT molecular complexity index is 192. The van der Waals surface area contributed by atoms with E-state index < -0.39 is 0 Å². The quantitative estimate of drug-likeness (QED) is 0.627. The van der Waals surface area contributed by atoms with Crippen molar-refractivity contribution in [1.82, 2.24) is 4.90 Å². The van der Waals surface area contributed by atoms with Gasteiger partial charge in [0, 0.05) is 24.4 Å². The van der Waals surface area contributed by atoms with Crippen LogP contribution in [0.4, 0.5) is 0 Å². The molecule has 1 atom stereocenters. The van der Waals surface area contributed by atoms with Crippen LogP contribution in [0.5, 0.6) is 0 Å². The SMILES string of the molecule is CCCCN(C(=O)C(C)CCl)C1CC1. The maximum atomic E-state index is 11.9. The molecule has 0 aromatic heterocycles. The van der Waals surface area contributed by atoms with Crippen LogP contribution in [0.2, 0.25) is 0 Å². The molecule has 1 aliphatic carbocycles. The van der Waals surface area contributed by atoms with Gasteiger partial charge in [0.25, 0.3) is 0 Å². The van der Waals surface area contributed by atoms with Crippen molar-refractivity contribution in [1.29, 1.82) is 0 Å². The fraction of sp³-hybridized carbons (Fsp3) is 0.909. The van der Waals surface area contributed by atoms with E-state index in [0.29, 0.717) is 11.9 Å². The van der Waals surface area contributed by atoms with E-state index in [1.165, 1.54) is 12.8 Å². The Hall–Kier alpha value is -0.240. The van der Waals surface area contributed by atoms with Crippen LogP contribution < -0.4 is 0 Å². The third-order valence-electron chi connectivity index (χ3n) is 2.68. The van der Waals surface area contributed by atoms with E-state index in [-0.39, 0.29) is 11.8 Å². The summed E-state index contributed by atoms with van der Waals surface area (Å²) in [6, 6.07) is 0.528. The van der Waals surface area contributed by atoms with Gasteiger partial charge in [-0.2, -0.15) is 0 Å². The lowest BCUT2D eigenvalue weighted by Crippen LogP contribution is -2.38. The minimum absolute atomic E-state index is 0.0193. The molecule has 1 saturated carbocycles. The van der Waals surface area contributed by atoms with Crippen molar-refractivity contribution in [3.8, 4) is 0 Å². The van der Waals surface area contributed by atoms with Crippen molar-refractivity contribution in [2.75, 3.05) is 12.4 Å². The van der Waals surface area contributed by atoms with Gasteiger partial charge in [-0.25, -0.2) is 0 Å². The average molecular weight is 218 g/mol. The topological polar surface area (TPSA) is 20.3 Å². The maximum absolute atomic E-state index is 11.9. The lowest BCUT2D eigenvalue weighted by molar-refractivity contribution is -0.135. The van der Waals surface area contributed by atoms with E-state index in [1.807, 2.05) is 11.8 Å². The fourth-order valence-electron chi connectivity index (χ4n) is 1.54. The van der Waals surface area contributed by atoms with Crippen molar-refractivity contribution in [3.05, 3.63) is 0 Å². The highest BCUT2D eigenvalue weighted by molar-refractivity contribution is 6.19. The first-order chi connectivity index (χ1) is 6.70. The Kier molecular flexibility index (Phi) is 4.73. The molecule has 1 aliphatic rings. The molecule has 82 valence electrons. The van der Waals surface area contributed by atoms with Crippen LogP contribution in [-0.4, -0.2) is 29.3 Å². The Labute approximate surface area is 91.6 Å². The molecular formula is C11H20ClNO. The highest BCUT2D eigenvalue weighted by Crippen LogP contribution is 2.28. The zero-order valence-electron chi connectivity index (χ0n) is 9.13. The molecule has 0 bridgehead atoms. The number of unbranched alkanes of at least 4 members (excludes halogenated alkanes) is 1. The summed E-state index contributed by atoms with van der Waals surface area (Å²) in [5, 5.41) is 0. The van der Waals surface area contributed by atoms with Crippen molar-refractivity contribution < 1.29 is 4.79 Å². The number of hydrogen-bond acceptors (Lipinski definition) is 1. The van der Waals surface area contributed by atoms with Gasteiger partial charge in [-0.3, -0.25) is 4.79 Å². The van der Waals surface area contributed by atoms with Crippen LogP contribution in [0, 0.1) is 5.92 Å². The largest absolute Gasteiger partial charge is 0.339 e. The van der Waals surface area contributed by atoms with Gasteiger partial charge < -0.3 is 4.90 Å². The first-order valence-electron chi connectivity index (χ1n) is 5.57. The minimum Gasteiger partial charge on any atom is -0.339 e. The van der Waals surface area contributed by atoms with Gasteiger partial charge in [-0.15, -0.1) is 11.6 Å². The molecule has 1 rings (SSSR count). The number of hydrogen-bond donors (Lipinski definition) is 0. The highest BCUT2D eigenvalue weighted by atomic mass is 35.5. The van der Waals surface area contributed by atoms with Crippen molar-refractivity contribution >= 4 is 17.5 Å². The second-order valence-electron chi connectivity index (χ2n) is 4.17. The van der Waals surface area contributed by atoms with Crippen LogP contribution in [0.25, 0.3) is 0 Å². The molecule has 0 N–H and O–H groups in total. The summed E-state index contributed by atoms with van der Waals surface area (Å²) >= 11 is 5.70. The van der Waals surface area contributed by atoms with Gasteiger partial charge >= 0.3 is 0 Å². The summed E-state index contributed by atoms with van der Waals surface area (Å²) in [5.74, 6) is 0.666. The number of halogens is 1. The van der Waals surface area contributed by atoms with E-state index in [9.17, 15) is 4.79 Å². The van der Waals surface area contributed by atoms with Crippen molar-refractivity contribution in [2.45, 2.75) is 45.6 Å². The first kappa shape index (κ1) is 11.8. The molecule has 1 fully saturated rings. The smallest absolute Gasteiger partial charge is 0.226 e. The van der Waals surface area contributed by atoms with Gasteiger partial charge in [0.2, 0.25) is 5.91 Å². The van der Waals surface area contributed by atoms with Gasteiger partial charge in [0.1, 0.15) is 0 Å². The minimum atomic E-state index is -0.0193. The average Bonchev–Trinajstić information content (AvgIpc) is 3.01. The van der Waals surface area contributed by atoms with Crippen LogP contribution in [0.1, 0.15) is 39.5 Å². The number of alkyl halides is 1. The normalized spacial score (nSPS) is 17.9. The van der Waals surface area contributed by atoms with Gasteiger partial charge in [-0.1, -0.05) is 20.3 Å². The van der Waals surface area contributed by atoms with Gasteiger partial charge in [0.15, 0.2) is 0 Å². The summed E-state index contributed by atoms with van der Waals surface area (Å²) < 4.78 is 0. The summed E-state index contributed by atoms with van der Waals surface area (Å²) in [6.07, 6.45) is 4.62. The lowest BCUT2D eigenvalue weighted by atomic mass is 10.1. The third kappa shape index (κ3) is 3.16. The molecule has 0 spiro atoms. The molecule has 2 nitrogen and oxygen atoms in total. The van der Waals surface area contributed by atoms with Crippen molar-refractivity contribution in [2.24, 2.45) is 5.92 Å². The Morgan fingerprint density at radius 2 is 2.21 bits per heavy atom. The summed E-state index contributed by atoms with van der Waals surface area (Å²) in [5.41, 5.74) is 0. The molecule has 0 aromatic rings. The lowest BCUT2D eigenvalue weighted by Gasteiger charge is -2.24. The second kappa shape index (κ2) is 5.59. The van der Waals surface area contributed by atoms with Crippen molar-refractivity contribution in [3.63, 3.8) is 0 Å². The zero-order valence-corrected chi connectivity index (χ0v) is 9.89. The van der Waals surface area contributed by atoms with Crippen LogP contribution in [-0.2, 0) is 4.79 Å². The monoisotopic (exact) mass is 217 g/mol. The summed E-state index contributed by atoms with van der Waals surface area (Å²) in [7, 11) is 0. The van der Waals surface area contributed by atoms with Crippen LogP contribution >= 0.6 is 11.6 Å². The van der Waals surface area contributed by atoms with E-state index in [0.717, 1.165) is 19.4 Å². The second-order valence-corrected chi connectivity index (χ2v) is 4.48. The van der Waals surface area contributed by atoms with E-state index in [1.54, 1.807) is 0 Å². The molecule has 0 heterocycles. The van der Waals surface area contributed by atoms with Crippen LogP contribution in [0.15, 0.2) is 0 Å². The number of amides is 1. The molecule has 3 heteroatoms. The predicted molar refractivity (Wildman–Crippen MR) is 59.5 cm³/mol. The molecule has 0 aromatic carbocycles. The zero-order chi connectivity index (χ0) is 10.6. The molecular weight excluding hydrogens is 198 g/mol. The van der Waals surface area contributed by atoms with Gasteiger partial charge in [0.05, 0.1) is 0 Å².